The van der Waals surface area contributed by atoms with E-state index >= 15 is 0 Å². The van der Waals surface area contributed by atoms with Crippen molar-refractivity contribution in [3.05, 3.63) is 23.9 Å². The third-order valence-corrected chi connectivity index (χ3v) is 4.66. The summed E-state index contributed by atoms with van der Waals surface area (Å²) in [7, 11) is 0. The molecule has 1 aliphatic rings. The van der Waals surface area contributed by atoms with E-state index in [0.29, 0.717) is 6.04 Å². The van der Waals surface area contributed by atoms with Gasteiger partial charge in [-0.15, -0.1) is 0 Å². The summed E-state index contributed by atoms with van der Waals surface area (Å²) < 4.78 is 0. The van der Waals surface area contributed by atoms with E-state index in [9.17, 15) is 4.79 Å². The van der Waals surface area contributed by atoms with Gasteiger partial charge < -0.3 is 9.80 Å². The lowest BCUT2D eigenvalue weighted by molar-refractivity contribution is 0.0608. The Morgan fingerprint density at radius 3 is 2.65 bits per heavy atom. The van der Waals surface area contributed by atoms with Crippen molar-refractivity contribution in [3.63, 3.8) is 0 Å². The summed E-state index contributed by atoms with van der Waals surface area (Å²) in [6.45, 7) is 9.40. The number of hydrogen-bond acceptors (Lipinski definition) is 3. The van der Waals surface area contributed by atoms with Gasteiger partial charge in [0.1, 0.15) is 5.82 Å². The Morgan fingerprint density at radius 1 is 1.26 bits per heavy atom. The average molecular weight is 317 g/mol. The van der Waals surface area contributed by atoms with Crippen LogP contribution in [0.25, 0.3) is 0 Å². The molecule has 0 aromatic carbocycles. The number of aromatic nitrogens is 1. The normalized spacial score (nSPS) is 18.0. The van der Waals surface area contributed by atoms with Gasteiger partial charge in [0.15, 0.2) is 0 Å². The molecule has 23 heavy (non-hydrogen) atoms. The Bertz CT molecular complexity index is 497. The fourth-order valence-electron chi connectivity index (χ4n) is 3.46. The quantitative estimate of drug-likeness (QED) is 0.759. The fraction of sp³-hybridized carbons (Fsp3) is 0.684. The molecule has 1 amide bonds. The van der Waals surface area contributed by atoms with E-state index < -0.39 is 0 Å². The van der Waals surface area contributed by atoms with Gasteiger partial charge in [-0.2, -0.15) is 0 Å². The molecular formula is C19H31N3O. The van der Waals surface area contributed by atoms with Crippen molar-refractivity contribution in [1.82, 2.24) is 9.88 Å². The largest absolute Gasteiger partial charge is 0.357 e. The first-order chi connectivity index (χ1) is 11.2. The van der Waals surface area contributed by atoms with Crippen molar-refractivity contribution in [2.24, 2.45) is 0 Å². The summed E-state index contributed by atoms with van der Waals surface area (Å²) in [6.07, 6.45) is 8.50. The third kappa shape index (κ3) is 4.46. The molecule has 4 heteroatoms. The predicted octanol–water partition coefficient (Wildman–Crippen LogP) is 4.11. The smallest absolute Gasteiger partial charge is 0.254 e. The molecule has 1 aromatic heterocycles. The minimum Gasteiger partial charge on any atom is -0.357 e. The van der Waals surface area contributed by atoms with Crippen molar-refractivity contribution < 1.29 is 4.79 Å². The van der Waals surface area contributed by atoms with Gasteiger partial charge in [-0.05, 0) is 50.7 Å². The van der Waals surface area contributed by atoms with Crippen LogP contribution in [-0.4, -0.2) is 41.5 Å². The van der Waals surface area contributed by atoms with Crippen molar-refractivity contribution in [2.45, 2.75) is 65.3 Å². The number of nitrogens with zero attached hydrogens (tertiary/aromatic N) is 3. The SMILES string of the molecule is CCCN(CCC)c1cc(C(=O)N2CCCCC2CC)ccn1. The monoisotopic (exact) mass is 317 g/mol. The highest BCUT2D eigenvalue weighted by Gasteiger charge is 2.26. The van der Waals surface area contributed by atoms with Crippen LogP contribution in [0.2, 0.25) is 0 Å². The number of anilines is 1. The second-order valence-electron chi connectivity index (χ2n) is 6.45. The maximum Gasteiger partial charge on any atom is 0.254 e. The number of carbonyl (C=O) groups excluding carboxylic acids is 1. The second kappa shape index (κ2) is 8.90. The number of likely N-dealkylation sites (tertiary alicyclic amines) is 1. The van der Waals surface area contributed by atoms with Crippen LogP contribution >= 0.6 is 0 Å². The summed E-state index contributed by atoms with van der Waals surface area (Å²) >= 11 is 0. The molecule has 2 rings (SSSR count). The van der Waals surface area contributed by atoms with Gasteiger partial charge in [-0.3, -0.25) is 4.79 Å². The zero-order valence-corrected chi connectivity index (χ0v) is 14.9. The molecule has 1 saturated heterocycles. The van der Waals surface area contributed by atoms with E-state index in [2.05, 4.69) is 35.6 Å². The molecule has 0 bridgehead atoms. The molecule has 1 atom stereocenters. The van der Waals surface area contributed by atoms with Gasteiger partial charge in [0.25, 0.3) is 5.91 Å². The molecule has 0 saturated carbocycles. The molecule has 4 nitrogen and oxygen atoms in total. The molecular weight excluding hydrogens is 286 g/mol. The van der Waals surface area contributed by atoms with Crippen LogP contribution < -0.4 is 4.90 Å². The summed E-state index contributed by atoms with van der Waals surface area (Å²) in [5.41, 5.74) is 0.785. The van der Waals surface area contributed by atoms with E-state index in [0.717, 1.165) is 63.1 Å². The lowest BCUT2D eigenvalue weighted by atomic mass is 9.99. The van der Waals surface area contributed by atoms with Crippen LogP contribution in [0, 0.1) is 0 Å². The molecule has 1 fully saturated rings. The summed E-state index contributed by atoms with van der Waals surface area (Å²) in [5, 5.41) is 0. The third-order valence-electron chi connectivity index (χ3n) is 4.66. The number of amides is 1. The highest BCUT2D eigenvalue weighted by molar-refractivity contribution is 5.95. The van der Waals surface area contributed by atoms with Gasteiger partial charge in [0.2, 0.25) is 0 Å². The van der Waals surface area contributed by atoms with Crippen LogP contribution in [0.15, 0.2) is 18.3 Å². The Kier molecular flexibility index (Phi) is 6.87. The predicted molar refractivity (Wildman–Crippen MR) is 96.0 cm³/mol. The molecule has 0 radical (unpaired) electrons. The van der Waals surface area contributed by atoms with Crippen LogP contribution in [0.5, 0.6) is 0 Å². The van der Waals surface area contributed by atoms with E-state index in [-0.39, 0.29) is 5.91 Å². The van der Waals surface area contributed by atoms with Gasteiger partial charge in [-0.25, -0.2) is 4.98 Å². The van der Waals surface area contributed by atoms with Crippen molar-refractivity contribution in [2.75, 3.05) is 24.5 Å². The lowest BCUT2D eigenvalue weighted by Crippen LogP contribution is -2.43. The van der Waals surface area contributed by atoms with Crippen LogP contribution in [0.4, 0.5) is 5.82 Å². The Labute approximate surface area is 140 Å². The molecule has 1 aliphatic heterocycles. The van der Waals surface area contributed by atoms with Gasteiger partial charge in [-0.1, -0.05) is 20.8 Å². The maximum atomic E-state index is 12.9. The van der Waals surface area contributed by atoms with Crippen LogP contribution in [-0.2, 0) is 0 Å². The summed E-state index contributed by atoms with van der Waals surface area (Å²) in [6, 6.07) is 4.24. The average Bonchev–Trinajstić information content (AvgIpc) is 2.61. The van der Waals surface area contributed by atoms with Crippen LogP contribution in [0.3, 0.4) is 0 Å². The second-order valence-corrected chi connectivity index (χ2v) is 6.45. The molecule has 0 aliphatic carbocycles. The molecule has 2 heterocycles. The number of pyridine rings is 1. The highest BCUT2D eigenvalue weighted by Crippen LogP contribution is 2.23. The van der Waals surface area contributed by atoms with E-state index in [4.69, 9.17) is 0 Å². The highest BCUT2D eigenvalue weighted by atomic mass is 16.2. The van der Waals surface area contributed by atoms with Crippen molar-refractivity contribution in [1.29, 1.82) is 0 Å². The van der Waals surface area contributed by atoms with Crippen molar-refractivity contribution in [3.8, 4) is 0 Å². The summed E-state index contributed by atoms with van der Waals surface area (Å²) in [5.74, 6) is 1.11. The Morgan fingerprint density at radius 2 is 2.00 bits per heavy atom. The number of piperidine rings is 1. The first kappa shape index (κ1) is 17.8. The number of carbonyl (C=O) groups is 1. The summed E-state index contributed by atoms with van der Waals surface area (Å²) in [4.78, 5) is 21.8. The molecule has 1 aromatic rings. The zero-order valence-electron chi connectivity index (χ0n) is 14.9. The first-order valence-electron chi connectivity index (χ1n) is 9.23. The standard InChI is InChI=1S/C19H31N3O/c1-4-12-21(13-5-2)18-15-16(10-11-20-18)19(23)22-14-8-7-9-17(22)6-3/h10-11,15,17H,4-9,12-14H2,1-3H3. The van der Waals surface area contributed by atoms with Gasteiger partial charge >= 0.3 is 0 Å². The molecule has 0 N–H and O–H groups in total. The van der Waals surface area contributed by atoms with Gasteiger partial charge in [0, 0.05) is 37.4 Å². The Balaban J connectivity index is 2.18. The first-order valence-corrected chi connectivity index (χ1v) is 9.23. The lowest BCUT2D eigenvalue weighted by Gasteiger charge is -2.35. The maximum absolute atomic E-state index is 12.9. The van der Waals surface area contributed by atoms with E-state index in [1.807, 2.05) is 12.1 Å². The minimum absolute atomic E-state index is 0.174. The minimum atomic E-state index is 0.174. The molecule has 1 unspecified atom stereocenters. The molecule has 0 spiro atoms. The topological polar surface area (TPSA) is 36.4 Å². The van der Waals surface area contributed by atoms with Crippen molar-refractivity contribution >= 4 is 11.7 Å². The Hall–Kier alpha value is -1.58. The van der Waals surface area contributed by atoms with E-state index in [1.165, 1.54) is 6.42 Å². The van der Waals surface area contributed by atoms with Crippen LogP contribution in [0.1, 0.15) is 69.7 Å². The van der Waals surface area contributed by atoms with Gasteiger partial charge in [0.05, 0.1) is 0 Å². The fourth-order valence-corrected chi connectivity index (χ4v) is 3.46. The number of rotatable bonds is 7. The number of hydrogen-bond donors (Lipinski definition) is 0. The zero-order chi connectivity index (χ0) is 16.7. The molecule has 128 valence electrons. The van der Waals surface area contributed by atoms with E-state index in [1.54, 1.807) is 6.20 Å².